The molecule has 1 atom stereocenters. The van der Waals surface area contributed by atoms with Crippen LogP contribution in [0.3, 0.4) is 0 Å². The largest absolute Gasteiger partial charge is 0.494 e. The van der Waals surface area contributed by atoms with Crippen molar-refractivity contribution in [2.45, 2.75) is 40.5 Å². The van der Waals surface area contributed by atoms with E-state index in [1.54, 1.807) is 0 Å². The molecule has 1 aromatic rings. The molecular weight excluding hydrogens is 208 g/mol. The van der Waals surface area contributed by atoms with Crippen molar-refractivity contribution in [3.8, 4) is 17.6 Å². The van der Waals surface area contributed by atoms with Gasteiger partial charge in [-0.25, -0.2) is 0 Å². The maximum atomic E-state index is 5.65. The number of benzene rings is 1. The molecule has 92 valence electrons. The molecule has 0 bridgehead atoms. The Balaban J connectivity index is 2.83. The van der Waals surface area contributed by atoms with Crippen LogP contribution < -0.4 is 4.74 Å². The third-order valence-electron chi connectivity index (χ3n) is 2.57. The van der Waals surface area contributed by atoms with E-state index in [2.05, 4.69) is 50.8 Å². The maximum Gasteiger partial charge on any atom is 0.122 e. The Morgan fingerprint density at radius 3 is 2.71 bits per heavy atom. The molecule has 0 aromatic heterocycles. The minimum absolute atomic E-state index is 0.385. The summed E-state index contributed by atoms with van der Waals surface area (Å²) in [6.07, 6.45) is 1.89. The Bertz CT molecular complexity index is 409. The first-order valence-corrected chi connectivity index (χ1v) is 6.38. The standard InChI is InChI=1S/C16H22O/c1-5-7-8-13(3)11-15-12-14(4)9-10-16(15)17-6-2/h9-10,12-13H,5-6,11H2,1-4H3. The summed E-state index contributed by atoms with van der Waals surface area (Å²) in [6.45, 7) is 9.09. The second-order valence-corrected chi connectivity index (χ2v) is 4.32. The van der Waals surface area contributed by atoms with E-state index in [-0.39, 0.29) is 0 Å². The lowest BCUT2D eigenvalue weighted by Gasteiger charge is -2.12. The van der Waals surface area contributed by atoms with Crippen LogP contribution in [-0.4, -0.2) is 6.61 Å². The highest BCUT2D eigenvalue weighted by atomic mass is 16.5. The predicted octanol–water partition coefficient (Wildman–Crippen LogP) is 3.99. The van der Waals surface area contributed by atoms with Crippen molar-refractivity contribution >= 4 is 0 Å². The molecular formula is C16H22O. The summed E-state index contributed by atoms with van der Waals surface area (Å²) in [6, 6.07) is 6.36. The highest BCUT2D eigenvalue weighted by Gasteiger charge is 2.07. The van der Waals surface area contributed by atoms with Crippen LogP contribution in [0.1, 0.15) is 38.3 Å². The zero-order valence-corrected chi connectivity index (χ0v) is 11.3. The van der Waals surface area contributed by atoms with Crippen molar-refractivity contribution < 1.29 is 4.74 Å². The van der Waals surface area contributed by atoms with E-state index >= 15 is 0 Å². The van der Waals surface area contributed by atoms with Gasteiger partial charge in [-0.15, -0.1) is 5.92 Å². The van der Waals surface area contributed by atoms with Crippen molar-refractivity contribution in [3.05, 3.63) is 29.3 Å². The van der Waals surface area contributed by atoms with Gasteiger partial charge in [0.15, 0.2) is 0 Å². The zero-order valence-electron chi connectivity index (χ0n) is 11.3. The fourth-order valence-electron chi connectivity index (χ4n) is 1.82. The normalized spacial score (nSPS) is 11.5. The molecule has 0 aliphatic carbocycles. The third kappa shape index (κ3) is 4.53. The van der Waals surface area contributed by atoms with E-state index in [9.17, 15) is 0 Å². The molecule has 1 rings (SSSR count). The van der Waals surface area contributed by atoms with E-state index in [0.717, 1.165) is 18.6 Å². The molecule has 0 amide bonds. The monoisotopic (exact) mass is 230 g/mol. The lowest BCUT2D eigenvalue weighted by Crippen LogP contribution is -2.02. The number of aryl methyl sites for hydroxylation is 1. The van der Waals surface area contributed by atoms with Gasteiger partial charge in [-0.2, -0.15) is 0 Å². The molecule has 17 heavy (non-hydrogen) atoms. The fraction of sp³-hybridized carbons (Fsp3) is 0.500. The summed E-state index contributed by atoms with van der Waals surface area (Å²) in [4.78, 5) is 0. The van der Waals surface area contributed by atoms with Crippen molar-refractivity contribution in [1.82, 2.24) is 0 Å². The van der Waals surface area contributed by atoms with Gasteiger partial charge in [0.25, 0.3) is 0 Å². The lowest BCUT2D eigenvalue weighted by atomic mass is 9.99. The molecule has 1 unspecified atom stereocenters. The highest BCUT2D eigenvalue weighted by Crippen LogP contribution is 2.23. The van der Waals surface area contributed by atoms with Gasteiger partial charge < -0.3 is 4.74 Å². The van der Waals surface area contributed by atoms with Gasteiger partial charge in [0.05, 0.1) is 6.61 Å². The predicted molar refractivity (Wildman–Crippen MR) is 73.3 cm³/mol. The average Bonchev–Trinajstić information content (AvgIpc) is 2.30. The smallest absolute Gasteiger partial charge is 0.122 e. The molecule has 0 N–H and O–H groups in total. The summed E-state index contributed by atoms with van der Waals surface area (Å²) in [5, 5.41) is 0. The molecule has 0 spiro atoms. The number of ether oxygens (including phenoxy) is 1. The lowest BCUT2D eigenvalue weighted by molar-refractivity contribution is 0.335. The van der Waals surface area contributed by atoms with E-state index in [1.165, 1.54) is 11.1 Å². The van der Waals surface area contributed by atoms with E-state index in [4.69, 9.17) is 4.74 Å². The Labute approximate surface area is 105 Å². The van der Waals surface area contributed by atoms with Crippen LogP contribution in [0.4, 0.5) is 0 Å². The van der Waals surface area contributed by atoms with Crippen LogP contribution in [0.2, 0.25) is 0 Å². The van der Waals surface area contributed by atoms with Gasteiger partial charge >= 0.3 is 0 Å². The molecule has 1 heteroatoms. The molecule has 0 aliphatic rings. The van der Waals surface area contributed by atoms with Gasteiger partial charge in [-0.05, 0) is 31.9 Å². The molecule has 1 aromatic carbocycles. The summed E-state index contributed by atoms with van der Waals surface area (Å²) in [5.74, 6) is 7.80. The van der Waals surface area contributed by atoms with Gasteiger partial charge in [0.2, 0.25) is 0 Å². The van der Waals surface area contributed by atoms with Crippen LogP contribution >= 0.6 is 0 Å². The first-order valence-electron chi connectivity index (χ1n) is 6.38. The van der Waals surface area contributed by atoms with Crippen LogP contribution in [0.25, 0.3) is 0 Å². The molecule has 0 fully saturated rings. The molecule has 0 saturated heterocycles. The number of hydrogen-bond acceptors (Lipinski definition) is 1. The van der Waals surface area contributed by atoms with Crippen LogP contribution in [0.5, 0.6) is 5.75 Å². The Morgan fingerprint density at radius 2 is 2.06 bits per heavy atom. The van der Waals surface area contributed by atoms with E-state index in [0.29, 0.717) is 12.5 Å². The van der Waals surface area contributed by atoms with Gasteiger partial charge in [-0.3, -0.25) is 0 Å². The van der Waals surface area contributed by atoms with Crippen molar-refractivity contribution in [1.29, 1.82) is 0 Å². The topological polar surface area (TPSA) is 9.23 Å². The summed E-state index contributed by atoms with van der Waals surface area (Å²) < 4.78 is 5.65. The second-order valence-electron chi connectivity index (χ2n) is 4.32. The van der Waals surface area contributed by atoms with E-state index < -0.39 is 0 Å². The van der Waals surface area contributed by atoms with Crippen molar-refractivity contribution in [3.63, 3.8) is 0 Å². The van der Waals surface area contributed by atoms with Gasteiger partial charge in [0, 0.05) is 12.3 Å². The maximum absolute atomic E-state index is 5.65. The Hall–Kier alpha value is -1.42. The fourth-order valence-corrected chi connectivity index (χ4v) is 1.82. The first-order chi connectivity index (χ1) is 8.17. The van der Waals surface area contributed by atoms with Crippen LogP contribution in [-0.2, 0) is 6.42 Å². The second kappa shape index (κ2) is 7.01. The summed E-state index contributed by atoms with van der Waals surface area (Å²) >= 11 is 0. The molecule has 0 saturated carbocycles. The molecule has 1 nitrogen and oxygen atoms in total. The summed E-state index contributed by atoms with van der Waals surface area (Å²) in [5.41, 5.74) is 2.55. The highest BCUT2D eigenvalue weighted by molar-refractivity contribution is 5.37. The summed E-state index contributed by atoms with van der Waals surface area (Å²) in [7, 11) is 0. The minimum Gasteiger partial charge on any atom is -0.494 e. The van der Waals surface area contributed by atoms with Gasteiger partial charge in [-0.1, -0.05) is 37.5 Å². The minimum atomic E-state index is 0.385. The molecule has 0 aliphatic heterocycles. The number of hydrogen-bond donors (Lipinski definition) is 0. The molecule has 0 radical (unpaired) electrons. The van der Waals surface area contributed by atoms with Crippen molar-refractivity contribution in [2.24, 2.45) is 5.92 Å². The quantitative estimate of drug-likeness (QED) is 0.711. The first kappa shape index (κ1) is 13.6. The van der Waals surface area contributed by atoms with Crippen LogP contribution in [0.15, 0.2) is 18.2 Å². The third-order valence-corrected chi connectivity index (χ3v) is 2.57. The molecule has 0 heterocycles. The van der Waals surface area contributed by atoms with E-state index in [1.807, 2.05) is 6.92 Å². The van der Waals surface area contributed by atoms with Crippen LogP contribution in [0, 0.1) is 24.7 Å². The number of rotatable bonds is 4. The SMILES string of the molecule is CCC#CC(C)Cc1cc(C)ccc1OCC. The zero-order chi connectivity index (χ0) is 12.7. The Kier molecular flexibility index (Phi) is 5.63. The Morgan fingerprint density at radius 1 is 1.29 bits per heavy atom. The van der Waals surface area contributed by atoms with Gasteiger partial charge in [0.1, 0.15) is 5.75 Å². The van der Waals surface area contributed by atoms with Crippen molar-refractivity contribution in [2.75, 3.05) is 6.61 Å². The average molecular weight is 230 g/mol.